The summed E-state index contributed by atoms with van der Waals surface area (Å²) in [5, 5.41) is 12.6. The molecule has 0 radical (unpaired) electrons. The Hall–Kier alpha value is -4.67. The van der Waals surface area contributed by atoms with Crippen molar-refractivity contribution in [3.63, 3.8) is 0 Å². The van der Waals surface area contributed by atoms with Crippen molar-refractivity contribution in [2.75, 3.05) is 13.2 Å². The predicted molar refractivity (Wildman–Crippen MR) is 147 cm³/mol. The summed E-state index contributed by atoms with van der Waals surface area (Å²) < 4.78 is 78.8. The van der Waals surface area contributed by atoms with E-state index < -0.39 is 46.3 Å². The van der Waals surface area contributed by atoms with Gasteiger partial charge in [0, 0.05) is 31.2 Å². The zero-order valence-electron chi connectivity index (χ0n) is 23.8. The summed E-state index contributed by atoms with van der Waals surface area (Å²) in [4.78, 5) is 27.8. The van der Waals surface area contributed by atoms with Gasteiger partial charge in [0.25, 0.3) is 16.3 Å². The third-order valence-electron chi connectivity index (χ3n) is 6.39. The molecule has 0 saturated carbocycles. The third kappa shape index (κ3) is 8.24. The van der Waals surface area contributed by atoms with Crippen molar-refractivity contribution in [1.29, 1.82) is 0 Å². The molecule has 1 amide bonds. The lowest BCUT2D eigenvalue weighted by Crippen LogP contribution is -2.35. The van der Waals surface area contributed by atoms with Gasteiger partial charge in [0.15, 0.2) is 5.69 Å². The maximum atomic E-state index is 13.5. The second-order valence-corrected chi connectivity index (χ2v) is 11.5. The Morgan fingerprint density at radius 1 is 1.14 bits per heavy atom. The van der Waals surface area contributed by atoms with Crippen molar-refractivity contribution in [2.45, 2.75) is 57.0 Å². The highest BCUT2D eigenvalue weighted by molar-refractivity contribution is 7.90. The number of carbonyl (C=O) groups excluding carboxylic acids is 2. The van der Waals surface area contributed by atoms with Crippen LogP contribution in [0.15, 0.2) is 70.0 Å². The first kappa shape index (κ1) is 32.2. The molecular formula is C27H29F3N6O7S. The fourth-order valence-corrected chi connectivity index (χ4v) is 5.17. The molecule has 0 spiro atoms. The van der Waals surface area contributed by atoms with E-state index in [9.17, 15) is 31.2 Å². The summed E-state index contributed by atoms with van der Waals surface area (Å²) in [5.41, 5.74) is 0.603. The molecule has 4 rings (SSSR count). The third-order valence-corrected chi connectivity index (χ3v) is 7.72. The number of aromatic nitrogens is 2. The van der Waals surface area contributed by atoms with Crippen molar-refractivity contribution in [1.82, 2.24) is 19.5 Å². The normalized spacial score (nSPS) is 16.1. The van der Waals surface area contributed by atoms with Gasteiger partial charge in [0.1, 0.15) is 6.61 Å². The molecule has 2 atom stereocenters. The van der Waals surface area contributed by atoms with Crippen LogP contribution < -0.4 is 4.72 Å². The molecule has 2 aromatic carbocycles. The van der Waals surface area contributed by atoms with Gasteiger partial charge in [-0.25, -0.2) is 22.6 Å². The molecule has 1 unspecified atom stereocenters. The minimum Gasteiger partial charge on any atom is -0.447 e. The number of benzene rings is 2. The second-order valence-electron chi connectivity index (χ2n) is 9.80. The summed E-state index contributed by atoms with van der Waals surface area (Å²) in [7, 11) is -4.39. The van der Waals surface area contributed by atoms with Crippen molar-refractivity contribution in [2.24, 2.45) is 10.5 Å². The molecule has 3 aromatic rings. The molecule has 13 nitrogen and oxygen atoms in total. The molecule has 44 heavy (non-hydrogen) atoms. The molecule has 0 aliphatic carbocycles. The largest absolute Gasteiger partial charge is 0.447 e. The number of rotatable bonds is 10. The van der Waals surface area contributed by atoms with E-state index in [1.165, 1.54) is 31.0 Å². The van der Waals surface area contributed by atoms with E-state index >= 15 is 0 Å². The van der Waals surface area contributed by atoms with Gasteiger partial charge in [0.2, 0.25) is 0 Å². The lowest BCUT2D eigenvalue weighted by Gasteiger charge is -2.19. The van der Waals surface area contributed by atoms with Gasteiger partial charge in [-0.05, 0) is 55.3 Å². The molecule has 1 aromatic heterocycles. The van der Waals surface area contributed by atoms with Crippen LogP contribution in [-0.2, 0) is 35.3 Å². The number of nitrogens with one attached hydrogen (secondary N) is 1. The van der Waals surface area contributed by atoms with E-state index in [0.29, 0.717) is 24.9 Å². The SMILES string of the molecule is CC(=O)OC(C)ON=NN1CCC[C@H]1COC(=O)NS(=O)(=O)c1ccc(-n2nc(C(F)(F)F)cc2-c2ccc(C)cc2)cc1. The Morgan fingerprint density at radius 2 is 1.82 bits per heavy atom. The zero-order chi connectivity index (χ0) is 32.1. The van der Waals surface area contributed by atoms with Crippen LogP contribution in [0.4, 0.5) is 18.0 Å². The van der Waals surface area contributed by atoms with Gasteiger partial charge in [-0.2, -0.15) is 18.3 Å². The molecule has 1 aliphatic rings. The number of ether oxygens (including phenoxy) is 2. The highest BCUT2D eigenvalue weighted by atomic mass is 32.2. The average Bonchev–Trinajstić information content (AvgIpc) is 3.59. The number of amides is 1. The summed E-state index contributed by atoms with van der Waals surface area (Å²) in [6.07, 6.45) is -5.61. The van der Waals surface area contributed by atoms with E-state index in [4.69, 9.17) is 14.3 Å². The topological polar surface area (TPSA) is 154 Å². The molecule has 1 saturated heterocycles. The van der Waals surface area contributed by atoms with E-state index in [-0.39, 0.29) is 22.9 Å². The van der Waals surface area contributed by atoms with Crippen molar-refractivity contribution in [3.05, 3.63) is 65.9 Å². The lowest BCUT2D eigenvalue weighted by atomic mass is 10.1. The highest BCUT2D eigenvalue weighted by Crippen LogP contribution is 2.33. The molecule has 1 fully saturated rings. The number of hydrogen-bond donors (Lipinski definition) is 1. The summed E-state index contributed by atoms with van der Waals surface area (Å²) in [6.45, 7) is 4.77. The predicted octanol–water partition coefficient (Wildman–Crippen LogP) is 4.95. The van der Waals surface area contributed by atoms with Crippen LogP contribution in [0.25, 0.3) is 16.9 Å². The molecule has 1 aliphatic heterocycles. The quantitative estimate of drug-likeness (QED) is 0.141. The van der Waals surface area contributed by atoms with E-state index in [1.807, 2.05) is 11.6 Å². The monoisotopic (exact) mass is 638 g/mol. The molecular weight excluding hydrogens is 609 g/mol. The van der Waals surface area contributed by atoms with Crippen LogP contribution in [0.1, 0.15) is 37.9 Å². The molecule has 236 valence electrons. The molecule has 17 heteroatoms. The van der Waals surface area contributed by atoms with E-state index in [1.54, 1.807) is 24.3 Å². The summed E-state index contributed by atoms with van der Waals surface area (Å²) in [6, 6.07) is 12.1. The Bertz CT molecular complexity index is 1610. The molecule has 1 N–H and O–H groups in total. The fourth-order valence-electron chi connectivity index (χ4n) is 4.28. The second kappa shape index (κ2) is 13.3. The van der Waals surface area contributed by atoms with Gasteiger partial charge in [-0.1, -0.05) is 29.8 Å². The van der Waals surface area contributed by atoms with E-state index in [0.717, 1.165) is 28.4 Å². The number of sulfonamides is 1. The van der Waals surface area contributed by atoms with Crippen molar-refractivity contribution >= 4 is 22.1 Å². The summed E-state index contributed by atoms with van der Waals surface area (Å²) in [5.74, 6) is -0.554. The Balaban J connectivity index is 1.40. The highest BCUT2D eigenvalue weighted by Gasteiger charge is 2.35. The minimum absolute atomic E-state index is 0.153. The molecule has 0 bridgehead atoms. The van der Waals surface area contributed by atoms with Gasteiger partial charge < -0.3 is 14.3 Å². The zero-order valence-corrected chi connectivity index (χ0v) is 24.6. The smallest absolute Gasteiger partial charge is 0.435 e. The fraction of sp³-hybridized carbons (Fsp3) is 0.370. The van der Waals surface area contributed by atoms with E-state index in [2.05, 4.69) is 15.6 Å². The maximum Gasteiger partial charge on any atom is 0.435 e. The van der Waals surface area contributed by atoms with Gasteiger partial charge in [-0.15, -0.1) is 0 Å². The van der Waals surface area contributed by atoms with Crippen LogP contribution in [0.2, 0.25) is 0 Å². The van der Waals surface area contributed by atoms with Crippen LogP contribution in [0.5, 0.6) is 0 Å². The van der Waals surface area contributed by atoms with Crippen molar-refractivity contribution < 1.29 is 45.5 Å². The molecule has 2 heterocycles. The number of hydrogen-bond acceptors (Lipinski definition) is 10. The minimum atomic E-state index is -4.70. The first-order valence-electron chi connectivity index (χ1n) is 13.3. The van der Waals surface area contributed by atoms with Gasteiger partial charge in [0.05, 0.1) is 22.3 Å². The van der Waals surface area contributed by atoms with Gasteiger partial charge in [-0.3, -0.25) is 9.80 Å². The number of carbonyl (C=O) groups is 2. The maximum absolute atomic E-state index is 13.5. The Labute approximate surface area is 250 Å². The number of esters is 1. The van der Waals surface area contributed by atoms with Crippen LogP contribution in [0.3, 0.4) is 0 Å². The Kier molecular flexibility index (Phi) is 9.76. The average molecular weight is 639 g/mol. The first-order chi connectivity index (χ1) is 20.7. The van der Waals surface area contributed by atoms with Crippen LogP contribution in [0, 0.1) is 6.92 Å². The number of nitrogens with zero attached hydrogens (tertiary/aromatic N) is 5. The Morgan fingerprint density at radius 3 is 2.45 bits per heavy atom. The number of aryl methyl sites for hydroxylation is 1. The first-order valence-corrected chi connectivity index (χ1v) is 14.8. The van der Waals surface area contributed by atoms with Gasteiger partial charge >= 0.3 is 18.2 Å². The standard InChI is InChI=1S/C27H29F3N6O7S/c1-17-6-8-20(9-7-17)24-15-25(27(28,29)30)31-36(24)21-10-12-23(13-11-21)44(39,40)32-26(38)41-16-22-5-4-14-35(22)33-34-43-19(3)42-18(2)37/h6-13,15,19,22H,4-5,14,16H2,1-3H3,(H,32,38)/t19?,22-/m0/s1. The van der Waals surface area contributed by atoms with Crippen molar-refractivity contribution in [3.8, 4) is 16.9 Å². The van der Waals surface area contributed by atoms with Crippen LogP contribution >= 0.6 is 0 Å². The van der Waals surface area contributed by atoms with Crippen LogP contribution in [-0.4, -0.2) is 60.8 Å². The number of halogens is 3. The number of alkyl halides is 3. The summed E-state index contributed by atoms with van der Waals surface area (Å²) >= 11 is 0. The lowest BCUT2D eigenvalue weighted by molar-refractivity contribution is -0.175.